The number of carbonyl (C=O) groups excluding carboxylic acids is 1. The highest BCUT2D eigenvalue weighted by atomic mass is 16.5. The SMILES string of the molecule is CCOCC(C)NC(=O)c1nn(C)cc1N. The Morgan fingerprint density at radius 3 is 2.94 bits per heavy atom. The predicted molar refractivity (Wildman–Crippen MR) is 61.0 cm³/mol. The lowest BCUT2D eigenvalue weighted by molar-refractivity contribution is 0.0867. The first-order valence-corrected chi connectivity index (χ1v) is 5.22. The van der Waals surface area contributed by atoms with Gasteiger partial charge in [-0.15, -0.1) is 0 Å². The van der Waals surface area contributed by atoms with E-state index in [4.69, 9.17) is 10.5 Å². The molecule has 1 amide bonds. The van der Waals surface area contributed by atoms with Crippen LogP contribution < -0.4 is 11.1 Å². The van der Waals surface area contributed by atoms with E-state index < -0.39 is 0 Å². The largest absolute Gasteiger partial charge is 0.396 e. The average molecular weight is 226 g/mol. The number of amides is 1. The number of nitrogens with zero attached hydrogens (tertiary/aromatic N) is 2. The molecule has 1 heterocycles. The fraction of sp³-hybridized carbons (Fsp3) is 0.600. The summed E-state index contributed by atoms with van der Waals surface area (Å²) in [5.41, 5.74) is 6.28. The number of rotatable bonds is 5. The van der Waals surface area contributed by atoms with Crippen molar-refractivity contribution in [3.8, 4) is 0 Å². The van der Waals surface area contributed by atoms with E-state index in [1.54, 1.807) is 13.2 Å². The zero-order chi connectivity index (χ0) is 12.1. The van der Waals surface area contributed by atoms with Gasteiger partial charge in [0.1, 0.15) is 0 Å². The van der Waals surface area contributed by atoms with Crippen molar-refractivity contribution in [3.05, 3.63) is 11.9 Å². The van der Waals surface area contributed by atoms with E-state index in [1.807, 2.05) is 13.8 Å². The maximum atomic E-state index is 11.7. The van der Waals surface area contributed by atoms with Gasteiger partial charge in [-0.25, -0.2) is 0 Å². The van der Waals surface area contributed by atoms with Gasteiger partial charge in [-0.05, 0) is 13.8 Å². The lowest BCUT2D eigenvalue weighted by Gasteiger charge is -2.12. The molecule has 1 rings (SSSR count). The Kier molecular flexibility index (Phi) is 4.30. The summed E-state index contributed by atoms with van der Waals surface area (Å²) in [6, 6.07) is -0.0612. The van der Waals surface area contributed by atoms with Crippen LogP contribution in [0.4, 0.5) is 5.69 Å². The number of aromatic nitrogens is 2. The van der Waals surface area contributed by atoms with E-state index in [9.17, 15) is 4.79 Å². The summed E-state index contributed by atoms with van der Waals surface area (Å²) in [5, 5.41) is 6.75. The highest BCUT2D eigenvalue weighted by Crippen LogP contribution is 2.07. The summed E-state index contributed by atoms with van der Waals surface area (Å²) >= 11 is 0. The summed E-state index contributed by atoms with van der Waals surface area (Å²) in [6.45, 7) is 4.89. The Morgan fingerprint density at radius 1 is 1.75 bits per heavy atom. The molecular formula is C10H18N4O2. The molecule has 0 saturated carbocycles. The summed E-state index contributed by atoms with van der Waals surface area (Å²) in [4.78, 5) is 11.7. The number of nitrogen functional groups attached to an aromatic ring is 1. The second-order valence-electron chi connectivity index (χ2n) is 3.64. The Hall–Kier alpha value is -1.56. The minimum Gasteiger partial charge on any atom is -0.396 e. The second-order valence-corrected chi connectivity index (χ2v) is 3.64. The molecule has 1 atom stereocenters. The molecule has 0 saturated heterocycles. The molecule has 0 fully saturated rings. The zero-order valence-electron chi connectivity index (χ0n) is 9.86. The van der Waals surface area contributed by atoms with Gasteiger partial charge in [-0.3, -0.25) is 9.48 Å². The number of hydrogen-bond acceptors (Lipinski definition) is 4. The summed E-state index contributed by atoms with van der Waals surface area (Å²) in [7, 11) is 1.72. The number of nitrogens with one attached hydrogen (secondary N) is 1. The smallest absolute Gasteiger partial charge is 0.274 e. The van der Waals surface area contributed by atoms with Gasteiger partial charge in [0.2, 0.25) is 0 Å². The van der Waals surface area contributed by atoms with Crippen LogP contribution in [0.15, 0.2) is 6.20 Å². The van der Waals surface area contributed by atoms with Crippen molar-refractivity contribution in [2.45, 2.75) is 19.9 Å². The molecular weight excluding hydrogens is 208 g/mol. The van der Waals surface area contributed by atoms with Crippen molar-refractivity contribution in [3.63, 3.8) is 0 Å². The summed E-state index contributed by atoms with van der Waals surface area (Å²) < 4.78 is 6.71. The maximum Gasteiger partial charge on any atom is 0.274 e. The van der Waals surface area contributed by atoms with E-state index in [1.165, 1.54) is 4.68 Å². The first kappa shape index (κ1) is 12.5. The maximum absolute atomic E-state index is 11.7. The molecule has 1 aromatic rings. The van der Waals surface area contributed by atoms with Crippen LogP contribution in [0, 0.1) is 0 Å². The Morgan fingerprint density at radius 2 is 2.44 bits per heavy atom. The lowest BCUT2D eigenvalue weighted by atomic mass is 10.3. The van der Waals surface area contributed by atoms with Gasteiger partial charge in [0.25, 0.3) is 5.91 Å². The molecule has 6 heteroatoms. The van der Waals surface area contributed by atoms with Gasteiger partial charge in [-0.1, -0.05) is 0 Å². The predicted octanol–water partition coefficient (Wildman–Crippen LogP) is 0.157. The number of carbonyl (C=O) groups is 1. The van der Waals surface area contributed by atoms with Gasteiger partial charge in [0, 0.05) is 25.9 Å². The highest BCUT2D eigenvalue weighted by Gasteiger charge is 2.15. The van der Waals surface area contributed by atoms with E-state index in [-0.39, 0.29) is 17.6 Å². The van der Waals surface area contributed by atoms with E-state index >= 15 is 0 Å². The van der Waals surface area contributed by atoms with Crippen molar-refractivity contribution >= 4 is 11.6 Å². The van der Waals surface area contributed by atoms with Crippen LogP contribution in [0.2, 0.25) is 0 Å². The molecule has 0 aliphatic carbocycles. The van der Waals surface area contributed by atoms with Gasteiger partial charge in [-0.2, -0.15) is 5.10 Å². The summed E-state index contributed by atoms with van der Waals surface area (Å²) in [5.74, 6) is -0.273. The Balaban J connectivity index is 2.55. The Bertz CT molecular complexity index is 362. The van der Waals surface area contributed by atoms with Crippen LogP contribution in [-0.4, -0.2) is 34.9 Å². The van der Waals surface area contributed by atoms with E-state index in [0.29, 0.717) is 18.9 Å². The number of hydrogen-bond donors (Lipinski definition) is 2. The molecule has 3 N–H and O–H groups in total. The molecule has 0 aliphatic heterocycles. The molecule has 0 aromatic carbocycles. The van der Waals surface area contributed by atoms with Gasteiger partial charge in [0.05, 0.1) is 12.3 Å². The van der Waals surface area contributed by atoms with Crippen LogP contribution in [0.25, 0.3) is 0 Å². The molecule has 1 aromatic heterocycles. The molecule has 6 nitrogen and oxygen atoms in total. The van der Waals surface area contributed by atoms with Gasteiger partial charge < -0.3 is 15.8 Å². The normalized spacial score (nSPS) is 12.4. The molecule has 0 spiro atoms. The minimum absolute atomic E-state index is 0.0612. The quantitative estimate of drug-likeness (QED) is 0.749. The number of anilines is 1. The van der Waals surface area contributed by atoms with Crippen molar-refractivity contribution in [2.24, 2.45) is 7.05 Å². The van der Waals surface area contributed by atoms with Gasteiger partial charge in [0.15, 0.2) is 5.69 Å². The highest BCUT2D eigenvalue weighted by molar-refractivity contribution is 5.97. The van der Waals surface area contributed by atoms with Crippen molar-refractivity contribution in [2.75, 3.05) is 18.9 Å². The third-order valence-electron chi connectivity index (χ3n) is 2.02. The molecule has 0 radical (unpaired) electrons. The number of aryl methyl sites for hydroxylation is 1. The van der Waals surface area contributed by atoms with Crippen LogP contribution in [0.1, 0.15) is 24.3 Å². The van der Waals surface area contributed by atoms with Crippen LogP contribution in [0.3, 0.4) is 0 Å². The van der Waals surface area contributed by atoms with Crippen LogP contribution in [-0.2, 0) is 11.8 Å². The standard InChI is InChI=1S/C10H18N4O2/c1-4-16-6-7(2)12-10(15)9-8(11)5-14(3)13-9/h5,7H,4,6,11H2,1-3H3,(H,12,15). The van der Waals surface area contributed by atoms with Crippen molar-refractivity contribution in [1.82, 2.24) is 15.1 Å². The molecule has 16 heavy (non-hydrogen) atoms. The molecule has 90 valence electrons. The second kappa shape index (κ2) is 5.50. The zero-order valence-corrected chi connectivity index (χ0v) is 9.86. The number of nitrogens with two attached hydrogens (primary N) is 1. The minimum atomic E-state index is -0.273. The first-order valence-electron chi connectivity index (χ1n) is 5.22. The Labute approximate surface area is 94.8 Å². The fourth-order valence-corrected chi connectivity index (χ4v) is 1.31. The fourth-order valence-electron chi connectivity index (χ4n) is 1.31. The van der Waals surface area contributed by atoms with E-state index in [2.05, 4.69) is 10.4 Å². The third kappa shape index (κ3) is 3.23. The van der Waals surface area contributed by atoms with Crippen LogP contribution >= 0.6 is 0 Å². The van der Waals surface area contributed by atoms with Gasteiger partial charge >= 0.3 is 0 Å². The molecule has 0 bridgehead atoms. The van der Waals surface area contributed by atoms with E-state index in [0.717, 1.165) is 0 Å². The third-order valence-corrected chi connectivity index (χ3v) is 2.02. The van der Waals surface area contributed by atoms with Crippen molar-refractivity contribution in [1.29, 1.82) is 0 Å². The molecule has 0 aliphatic rings. The monoisotopic (exact) mass is 226 g/mol. The first-order chi connectivity index (χ1) is 7.54. The average Bonchev–Trinajstić information content (AvgIpc) is 2.54. The topological polar surface area (TPSA) is 82.2 Å². The lowest BCUT2D eigenvalue weighted by Crippen LogP contribution is -2.36. The van der Waals surface area contributed by atoms with Crippen molar-refractivity contribution < 1.29 is 9.53 Å². The van der Waals surface area contributed by atoms with Crippen LogP contribution in [0.5, 0.6) is 0 Å². The summed E-state index contributed by atoms with van der Waals surface area (Å²) in [6.07, 6.45) is 1.60. The molecule has 1 unspecified atom stereocenters. The number of ether oxygens (including phenoxy) is 1.